The molecule has 0 aromatic rings. The van der Waals surface area contributed by atoms with Crippen LogP contribution in [0.5, 0.6) is 0 Å². The molecule has 1 fully saturated rings. The average Bonchev–Trinajstić information content (AvgIpc) is 2.49. The third-order valence-corrected chi connectivity index (χ3v) is 4.89. The summed E-state index contributed by atoms with van der Waals surface area (Å²) in [5, 5.41) is 9.46. The molecule has 2 aliphatic rings. The van der Waals surface area contributed by atoms with E-state index in [0.717, 1.165) is 31.3 Å². The first-order valence-electron chi connectivity index (χ1n) is 8.05. The second-order valence-electron chi connectivity index (χ2n) is 6.13. The van der Waals surface area contributed by atoms with Crippen molar-refractivity contribution < 1.29 is 14.7 Å². The molecule has 4 heteroatoms. The number of hydrogen-bond donors (Lipinski definition) is 1. The van der Waals surface area contributed by atoms with Gasteiger partial charge in [0.2, 0.25) is 0 Å². The van der Waals surface area contributed by atoms with Gasteiger partial charge in [-0.2, -0.15) is 0 Å². The van der Waals surface area contributed by atoms with E-state index in [-0.39, 0.29) is 0 Å². The lowest BCUT2D eigenvalue weighted by Crippen LogP contribution is -2.34. The molecule has 0 bridgehead atoms. The van der Waals surface area contributed by atoms with Gasteiger partial charge in [0.15, 0.2) is 5.78 Å². The van der Waals surface area contributed by atoms with Crippen molar-refractivity contribution in [1.29, 1.82) is 0 Å². The standard InChI is InChI=1S/C12H18O.C4H6O2S.C3H6/c1-9-4-3-5-10-8-11(13)6-7-12(9,10)2;1-7-3-2-4(5)6;1-3-2/h8-9H,3-7H2,1-2H3;2-3H,1H3,(H,5,6);3H,1H2,2H3/b;3-2-;. The summed E-state index contributed by atoms with van der Waals surface area (Å²) in [4.78, 5) is 20.9. The van der Waals surface area contributed by atoms with Crippen LogP contribution in [0.1, 0.15) is 52.9 Å². The van der Waals surface area contributed by atoms with Crippen molar-refractivity contribution in [3.05, 3.63) is 35.8 Å². The summed E-state index contributed by atoms with van der Waals surface area (Å²) in [5.41, 5.74) is 1.79. The normalized spacial score (nSPS) is 26.0. The van der Waals surface area contributed by atoms with E-state index in [4.69, 9.17) is 5.11 Å². The van der Waals surface area contributed by atoms with Crippen LogP contribution in [0.15, 0.2) is 35.8 Å². The molecule has 0 heterocycles. The zero-order valence-corrected chi connectivity index (χ0v) is 15.6. The third kappa shape index (κ3) is 7.69. The molecule has 0 aromatic heterocycles. The van der Waals surface area contributed by atoms with Crippen molar-refractivity contribution in [3.8, 4) is 0 Å². The Hall–Kier alpha value is -1.29. The van der Waals surface area contributed by atoms with Crippen molar-refractivity contribution in [3.63, 3.8) is 0 Å². The van der Waals surface area contributed by atoms with E-state index in [1.54, 1.807) is 12.3 Å². The lowest BCUT2D eigenvalue weighted by Gasteiger charge is -2.44. The zero-order chi connectivity index (χ0) is 17.9. The molecule has 0 aliphatic heterocycles. The Morgan fingerprint density at radius 1 is 1.48 bits per heavy atom. The molecule has 0 amide bonds. The second-order valence-corrected chi connectivity index (χ2v) is 6.88. The fourth-order valence-electron chi connectivity index (χ4n) is 2.94. The molecular weight excluding hydrogens is 308 g/mol. The van der Waals surface area contributed by atoms with Crippen LogP contribution in [0.2, 0.25) is 0 Å². The van der Waals surface area contributed by atoms with Crippen LogP contribution in [0.3, 0.4) is 0 Å². The van der Waals surface area contributed by atoms with Crippen molar-refractivity contribution in [2.24, 2.45) is 11.3 Å². The van der Waals surface area contributed by atoms with Gasteiger partial charge in [0.05, 0.1) is 0 Å². The summed E-state index contributed by atoms with van der Waals surface area (Å²) in [7, 11) is 0. The number of allylic oxidation sites excluding steroid dienone is 3. The minimum absolute atomic E-state index is 0.349. The highest BCUT2D eigenvalue weighted by Gasteiger charge is 2.39. The molecular formula is C19H30O3S. The predicted molar refractivity (Wildman–Crippen MR) is 99.6 cm³/mol. The van der Waals surface area contributed by atoms with Gasteiger partial charge in [-0.05, 0) is 61.7 Å². The first-order valence-corrected chi connectivity index (χ1v) is 9.33. The Morgan fingerprint density at radius 3 is 2.57 bits per heavy atom. The van der Waals surface area contributed by atoms with Crippen LogP contribution in [-0.4, -0.2) is 23.1 Å². The van der Waals surface area contributed by atoms with Crippen molar-refractivity contribution >= 4 is 23.5 Å². The number of rotatable bonds is 2. The molecule has 2 rings (SSSR count). The van der Waals surface area contributed by atoms with E-state index in [1.807, 2.05) is 13.0 Å². The largest absolute Gasteiger partial charge is 0.478 e. The summed E-state index contributed by atoms with van der Waals surface area (Å²) >= 11 is 1.37. The number of carboxylic acids is 1. The van der Waals surface area contributed by atoms with Crippen molar-refractivity contribution in [2.45, 2.75) is 52.9 Å². The molecule has 130 valence electrons. The van der Waals surface area contributed by atoms with Crippen LogP contribution in [0, 0.1) is 11.3 Å². The highest BCUT2D eigenvalue weighted by molar-refractivity contribution is 8.01. The minimum Gasteiger partial charge on any atom is -0.478 e. The van der Waals surface area contributed by atoms with E-state index >= 15 is 0 Å². The average molecular weight is 339 g/mol. The van der Waals surface area contributed by atoms with Crippen LogP contribution < -0.4 is 0 Å². The summed E-state index contributed by atoms with van der Waals surface area (Å²) in [6, 6.07) is 0. The lowest BCUT2D eigenvalue weighted by molar-refractivity contribution is -0.131. The Bertz CT molecular complexity index is 465. The van der Waals surface area contributed by atoms with E-state index < -0.39 is 5.97 Å². The first-order chi connectivity index (χ1) is 10.8. The Labute approximate surface area is 144 Å². The molecule has 0 saturated heterocycles. The van der Waals surface area contributed by atoms with Gasteiger partial charge in [-0.25, -0.2) is 4.79 Å². The summed E-state index contributed by atoms with van der Waals surface area (Å²) < 4.78 is 0. The number of thioether (sulfide) groups is 1. The van der Waals surface area contributed by atoms with Crippen molar-refractivity contribution in [2.75, 3.05) is 6.26 Å². The molecule has 0 spiro atoms. The number of hydrogen-bond acceptors (Lipinski definition) is 3. The van der Waals surface area contributed by atoms with Gasteiger partial charge in [-0.15, -0.1) is 18.3 Å². The topological polar surface area (TPSA) is 54.4 Å². The van der Waals surface area contributed by atoms with Gasteiger partial charge in [0.1, 0.15) is 0 Å². The van der Waals surface area contributed by atoms with Gasteiger partial charge in [0.25, 0.3) is 0 Å². The molecule has 0 radical (unpaired) electrons. The third-order valence-electron chi connectivity index (χ3n) is 4.48. The Kier molecular flexibility index (Phi) is 10.6. The summed E-state index contributed by atoms with van der Waals surface area (Å²) in [5.74, 6) is 0.219. The summed E-state index contributed by atoms with van der Waals surface area (Å²) in [6.07, 6.45) is 12.2. The maximum absolute atomic E-state index is 11.3. The molecule has 23 heavy (non-hydrogen) atoms. The van der Waals surface area contributed by atoms with Crippen LogP contribution >= 0.6 is 11.8 Å². The Morgan fingerprint density at radius 2 is 2.09 bits per heavy atom. The van der Waals surface area contributed by atoms with Gasteiger partial charge in [0, 0.05) is 12.5 Å². The molecule has 2 aliphatic carbocycles. The fraction of sp³-hybridized carbons (Fsp3) is 0.579. The maximum Gasteiger partial charge on any atom is 0.328 e. The number of carboxylic acid groups (broad SMARTS) is 1. The van der Waals surface area contributed by atoms with Gasteiger partial charge < -0.3 is 5.11 Å². The molecule has 1 N–H and O–H groups in total. The highest BCUT2D eigenvalue weighted by Crippen LogP contribution is 2.49. The number of fused-ring (bicyclic) bond motifs is 1. The number of carbonyl (C=O) groups excluding carboxylic acids is 1. The quantitative estimate of drug-likeness (QED) is 0.552. The SMILES string of the molecule is C=CC.CC1CCCC2=CC(=O)CCC21C.CS/C=C\C(=O)O. The maximum atomic E-state index is 11.3. The van der Waals surface area contributed by atoms with Crippen molar-refractivity contribution in [1.82, 2.24) is 0 Å². The predicted octanol–water partition coefficient (Wildman–Crippen LogP) is 5.24. The monoisotopic (exact) mass is 338 g/mol. The highest BCUT2D eigenvalue weighted by atomic mass is 32.2. The second kappa shape index (κ2) is 11.3. The minimum atomic E-state index is -0.894. The van der Waals surface area contributed by atoms with Gasteiger partial charge >= 0.3 is 5.97 Å². The molecule has 2 atom stereocenters. The van der Waals surface area contributed by atoms with Crippen LogP contribution in [0.25, 0.3) is 0 Å². The smallest absolute Gasteiger partial charge is 0.328 e. The Balaban J connectivity index is 0.000000412. The number of carbonyl (C=O) groups is 2. The summed E-state index contributed by atoms with van der Waals surface area (Å²) in [6.45, 7) is 9.93. The van der Waals surface area contributed by atoms with E-state index in [2.05, 4.69) is 20.4 Å². The van der Waals surface area contributed by atoms with E-state index in [0.29, 0.717) is 11.2 Å². The molecule has 3 nitrogen and oxygen atoms in total. The van der Waals surface area contributed by atoms with Crippen LogP contribution in [-0.2, 0) is 9.59 Å². The number of aliphatic carboxylic acids is 1. The molecule has 0 aromatic carbocycles. The van der Waals surface area contributed by atoms with E-state index in [1.165, 1.54) is 35.6 Å². The van der Waals surface area contributed by atoms with Gasteiger partial charge in [-0.1, -0.05) is 25.5 Å². The first kappa shape index (κ1) is 21.7. The van der Waals surface area contributed by atoms with E-state index in [9.17, 15) is 9.59 Å². The lowest BCUT2D eigenvalue weighted by atomic mass is 9.60. The number of ketones is 1. The molecule has 2 unspecified atom stereocenters. The fourth-order valence-corrected chi connectivity index (χ4v) is 3.19. The van der Waals surface area contributed by atoms with Gasteiger partial charge in [-0.3, -0.25) is 4.79 Å². The zero-order valence-electron chi connectivity index (χ0n) is 14.8. The van der Waals surface area contributed by atoms with Crippen LogP contribution in [0.4, 0.5) is 0 Å². The molecule has 1 saturated carbocycles.